The van der Waals surface area contributed by atoms with E-state index in [1.54, 1.807) is 12.4 Å². The van der Waals surface area contributed by atoms with Crippen molar-refractivity contribution >= 4 is 11.9 Å². The molecule has 0 unspecified atom stereocenters. The van der Waals surface area contributed by atoms with Gasteiger partial charge in [-0.3, -0.25) is 4.79 Å². The second kappa shape index (κ2) is 9.46. The maximum absolute atomic E-state index is 12.7. The standard InChI is InChI=1S/C21H29N5O/c1-3-18(19-8-5-4-6-9-19)16-24-20(27)17(2)25-12-14-26(15-13-25)21-22-10-7-11-23-21/h4-11,17-18H,3,12-16H2,1-2H3,(H,24,27)/p+1/t17-,18-/m0/s1. The van der Waals surface area contributed by atoms with Gasteiger partial charge in [0.1, 0.15) is 0 Å². The SMILES string of the molecule is CC[C@@H](CNC(=O)[C@H](C)[NH+]1CCN(c2ncccn2)CC1)c1ccccc1. The lowest BCUT2D eigenvalue weighted by atomic mass is 9.96. The molecule has 0 aliphatic carbocycles. The Hall–Kier alpha value is -2.47. The van der Waals surface area contributed by atoms with Gasteiger partial charge in [-0.05, 0) is 25.0 Å². The van der Waals surface area contributed by atoms with Crippen molar-refractivity contribution in [2.24, 2.45) is 0 Å². The molecule has 1 aromatic heterocycles. The second-order valence-corrected chi connectivity index (χ2v) is 7.18. The Labute approximate surface area is 161 Å². The summed E-state index contributed by atoms with van der Waals surface area (Å²) in [6, 6.07) is 12.2. The van der Waals surface area contributed by atoms with E-state index in [-0.39, 0.29) is 11.9 Å². The topological polar surface area (TPSA) is 62.6 Å². The number of carbonyl (C=O) groups excluding carboxylic acids is 1. The smallest absolute Gasteiger partial charge is 0.278 e. The van der Waals surface area contributed by atoms with Gasteiger partial charge in [0.2, 0.25) is 5.95 Å². The maximum Gasteiger partial charge on any atom is 0.278 e. The number of anilines is 1. The van der Waals surface area contributed by atoms with Crippen molar-refractivity contribution in [1.29, 1.82) is 0 Å². The van der Waals surface area contributed by atoms with Gasteiger partial charge in [0.15, 0.2) is 6.04 Å². The maximum atomic E-state index is 12.7. The van der Waals surface area contributed by atoms with Crippen molar-refractivity contribution in [3.63, 3.8) is 0 Å². The van der Waals surface area contributed by atoms with E-state index in [4.69, 9.17) is 0 Å². The van der Waals surface area contributed by atoms with E-state index < -0.39 is 0 Å². The number of benzene rings is 1. The van der Waals surface area contributed by atoms with Crippen LogP contribution in [0.2, 0.25) is 0 Å². The Kier molecular flexibility index (Phi) is 6.76. The lowest BCUT2D eigenvalue weighted by Gasteiger charge is -2.34. The molecule has 2 aromatic rings. The highest BCUT2D eigenvalue weighted by Crippen LogP contribution is 2.17. The molecule has 0 bridgehead atoms. The summed E-state index contributed by atoms with van der Waals surface area (Å²) < 4.78 is 0. The minimum absolute atomic E-state index is 0.0443. The molecule has 1 saturated heterocycles. The highest BCUT2D eigenvalue weighted by Gasteiger charge is 2.30. The summed E-state index contributed by atoms with van der Waals surface area (Å²) >= 11 is 0. The van der Waals surface area contributed by atoms with Gasteiger partial charge < -0.3 is 15.1 Å². The Morgan fingerprint density at radius 2 is 1.81 bits per heavy atom. The Bertz CT molecular complexity index is 701. The Morgan fingerprint density at radius 3 is 2.44 bits per heavy atom. The summed E-state index contributed by atoms with van der Waals surface area (Å²) in [5.74, 6) is 1.29. The molecule has 144 valence electrons. The number of amides is 1. The summed E-state index contributed by atoms with van der Waals surface area (Å²) in [7, 11) is 0. The molecular formula is C21H30N5O+. The van der Waals surface area contributed by atoms with E-state index in [0.717, 1.165) is 38.5 Å². The molecule has 0 spiro atoms. The van der Waals surface area contributed by atoms with Gasteiger partial charge in [0, 0.05) is 24.9 Å². The van der Waals surface area contributed by atoms with Gasteiger partial charge >= 0.3 is 0 Å². The molecule has 27 heavy (non-hydrogen) atoms. The van der Waals surface area contributed by atoms with Crippen molar-refractivity contribution in [2.75, 3.05) is 37.6 Å². The number of hydrogen-bond donors (Lipinski definition) is 2. The third-order valence-corrected chi connectivity index (χ3v) is 5.53. The summed E-state index contributed by atoms with van der Waals surface area (Å²) in [4.78, 5) is 24.8. The van der Waals surface area contributed by atoms with Gasteiger partial charge in [-0.1, -0.05) is 37.3 Å². The average Bonchev–Trinajstić information content (AvgIpc) is 2.75. The van der Waals surface area contributed by atoms with Crippen LogP contribution in [0.25, 0.3) is 0 Å². The number of nitrogens with zero attached hydrogens (tertiary/aromatic N) is 3. The monoisotopic (exact) mass is 368 g/mol. The van der Waals surface area contributed by atoms with Crippen LogP contribution in [0, 0.1) is 0 Å². The van der Waals surface area contributed by atoms with Gasteiger partial charge in [-0.25, -0.2) is 9.97 Å². The Morgan fingerprint density at radius 1 is 1.15 bits per heavy atom. The van der Waals surface area contributed by atoms with Crippen LogP contribution in [-0.2, 0) is 4.79 Å². The van der Waals surface area contributed by atoms with E-state index in [0.29, 0.717) is 12.5 Å². The third-order valence-electron chi connectivity index (χ3n) is 5.53. The zero-order valence-corrected chi connectivity index (χ0v) is 16.3. The molecule has 6 nitrogen and oxygen atoms in total. The van der Waals surface area contributed by atoms with Crippen LogP contribution in [-0.4, -0.2) is 54.6 Å². The third kappa shape index (κ3) is 5.04. The van der Waals surface area contributed by atoms with E-state index in [2.05, 4.69) is 51.4 Å². The molecule has 1 amide bonds. The molecule has 1 fully saturated rings. The minimum atomic E-state index is -0.0443. The predicted molar refractivity (Wildman–Crippen MR) is 107 cm³/mol. The first-order valence-electron chi connectivity index (χ1n) is 9.88. The predicted octanol–water partition coefficient (Wildman–Crippen LogP) is 0.880. The van der Waals surface area contributed by atoms with Crippen LogP contribution >= 0.6 is 0 Å². The van der Waals surface area contributed by atoms with Crippen molar-refractivity contribution in [2.45, 2.75) is 32.2 Å². The number of quaternary nitrogens is 1. The number of rotatable bonds is 7. The van der Waals surface area contributed by atoms with Crippen LogP contribution < -0.4 is 15.1 Å². The summed E-state index contributed by atoms with van der Waals surface area (Å²) in [5, 5.41) is 3.17. The largest absolute Gasteiger partial charge is 0.350 e. The highest BCUT2D eigenvalue weighted by molar-refractivity contribution is 5.80. The van der Waals surface area contributed by atoms with E-state index in [1.165, 1.54) is 10.5 Å². The Balaban J connectivity index is 1.48. The lowest BCUT2D eigenvalue weighted by molar-refractivity contribution is -0.914. The second-order valence-electron chi connectivity index (χ2n) is 7.18. The fourth-order valence-corrected chi connectivity index (χ4v) is 3.67. The van der Waals surface area contributed by atoms with Crippen molar-refractivity contribution in [3.05, 3.63) is 54.4 Å². The first kappa shape index (κ1) is 19.3. The van der Waals surface area contributed by atoms with Gasteiger partial charge in [-0.2, -0.15) is 0 Å². The molecule has 2 atom stereocenters. The molecule has 2 N–H and O–H groups in total. The van der Waals surface area contributed by atoms with Crippen molar-refractivity contribution in [1.82, 2.24) is 15.3 Å². The number of nitrogens with one attached hydrogen (secondary N) is 2. The van der Waals surface area contributed by atoms with Crippen LogP contribution in [0.4, 0.5) is 5.95 Å². The molecule has 0 saturated carbocycles. The first-order chi connectivity index (χ1) is 13.2. The number of carbonyl (C=O) groups is 1. The molecule has 1 aliphatic heterocycles. The fraction of sp³-hybridized carbons (Fsp3) is 0.476. The lowest BCUT2D eigenvalue weighted by Crippen LogP contribution is -3.19. The minimum Gasteiger partial charge on any atom is -0.350 e. The molecular weight excluding hydrogens is 338 g/mol. The van der Waals surface area contributed by atoms with E-state index in [9.17, 15) is 4.79 Å². The molecule has 1 aliphatic rings. The van der Waals surface area contributed by atoms with E-state index >= 15 is 0 Å². The van der Waals surface area contributed by atoms with Crippen LogP contribution in [0.5, 0.6) is 0 Å². The number of hydrogen-bond acceptors (Lipinski definition) is 4. The summed E-state index contributed by atoms with van der Waals surface area (Å²) in [6.07, 6.45) is 4.56. The summed E-state index contributed by atoms with van der Waals surface area (Å²) in [6.45, 7) is 8.48. The zero-order chi connectivity index (χ0) is 19.1. The number of piperazine rings is 1. The molecule has 3 rings (SSSR count). The summed E-state index contributed by atoms with van der Waals surface area (Å²) in [5.41, 5.74) is 1.29. The van der Waals surface area contributed by atoms with Crippen LogP contribution in [0.15, 0.2) is 48.8 Å². The van der Waals surface area contributed by atoms with E-state index in [1.807, 2.05) is 19.1 Å². The normalized spacial score (nSPS) is 17.3. The molecule has 0 radical (unpaired) electrons. The highest BCUT2D eigenvalue weighted by atomic mass is 16.2. The first-order valence-corrected chi connectivity index (χ1v) is 9.88. The molecule has 6 heteroatoms. The fourth-order valence-electron chi connectivity index (χ4n) is 3.67. The van der Waals surface area contributed by atoms with Crippen molar-refractivity contribution < 1.29 is 9.69 Å². The molecule has 2 heterocycles. The van der Waals surface area contributed by atoms with Gasteiger partial charge in [0.05, 0.1) is 26.2 Å². The van der Waals surface area contributed by atoms with Gasteiger partial charge in [-0.15, -0.1) is 0 Å². The average molecular weight is 369 g/mol. The zero-order valence-electron chi connectivity index (χ0n) is 16.3. The van der Waals surface area contributed by atoms with Gasteiger partial charge in [0.25, 0.3) is 5.91 Å². The quantitative estimate of drug-likeness (QED) is 0.762. The number of aromatic nitrogens is 2. The molecule has 1 aromatic carbocycles. The van der Waals surface area contributed by atoms with Crippen LogP contribution in [0.1, 0.15) is 31.7 Å². The van der Waals surface area contributed by atoms with Crippen LogP contribution in [0.3, 0.4) is 0 Å². The van der Waals surface area contributed by atoms with Crippen molar-refractivity contribution in [3.8, 4) is 0 Å².